The van der Waals surface area contributed by atoms with Crippen LogP contribution in [0.25, 0.3) is 6.08 Å². The van der Waals surface area contributed by atoms with Gasteiger partial charge in [0, 0.05) is 0 Å². The van der Waals surface area contributed by atoms with Gasteiger partial charge in [-0.2, -0.15) is 0 Å². The summed E-state index contributed by atoms with van der Waals surface area (Å²) >= 11 is 0. The number of halogens is 1. The fourth-order valence-corrected chi connectivity index (χ4v) is 1.92. The zero-order valence-electron chi connectivity index (χ0n) is 8.89. The number of aromatic nitrogens is 2. The minimum atomic E-state index is 0. The number of hydrogen-bond acceptors (Lipinski definition) is 2. The van der Waals surface area contributed by atoms with Gasteiger partial charge >= 0.3 is 0 Å². The van der Waals surface area contributed by atoms with Gasteiger partial charge in [0.15, 0.2) is 0 Å². The van der Waals surface area contributed by atoms with Crippen LogP contribution in [0, 0.1) is 0 Å². The van der Waals surface area contributed by atoms with Gasteiger partial charge in [-0.3, -0.25) is 0 Å². The second-order valence-corrected chi connectivity index (χ2v) is 3.85. The molecule has 2 aliphatic rings. The summed E-state index contributed by atoms with van der Waals surface area (Å²) in [7, 11) is 1.98. The Morgan fingerprint density at radius 2 is 2.25 bits per heavy atom. The summed E-state index contributed by atoms with van der Waals surface area (Å²) in [5, 5.41) is 3.40. The summed E-state index contributed by atoms with van der Waals surface area (Å²) in [5.41, 5.74) is 2.43. The Balaban J connectivity index is 0.000000963. The normalized spacial score (nSPS) is 20.1. The van der Waals surface area contributed by atoms with Crippen LogP contribution in [0.15, 0.2) is 42.4 Å². The smallest absolute Gasteiger partial charge is 0.288 e. The van der Waals surface area contributed by atoms with E-state index in [1.807, 2.05) is 17.9 Å². The third kappa shape index (κ3) is 1.74. The third-order valence-electron chi connectivity index (χ3n) is 2.66. The Kier molecular flexibility index (Phi) is 2.79. The maximum Gasteiger partial charge on any atom is 0.288 e. The average Bonchev–Trinajstić information content (AvgIpc) is 2.26. The summed E-state index contributed by atoms with van der Waals surface area (Å²) in [4.78, 5) is 4.36. The number of rotatable bonds is 0. The van der Waals surface area contributed by atoms with Gasteiger partial charge in [-0.05, 0) is 16.6 Å². The molecular formula is C12H12ClN3. The zero-order valence-corrected chi connectivity index (χ0v) is 9.65. The number of anilines is 1. The molecule has 3 nitrogen and oxygen atoms in total. The van der Waals surface area contributed by atoms with Crippen molar-refractivity contribution in [2.45, 2.75) is 6.04 Å². The van der Waals surface area contributed by atoms with E-state index in [2.05, 4.69) is 46.9 Å². The second kappa shape index (κ2) is 4.10. The van der Waals surface area contributed by atoms with E-state index in [0.29, 0.717) is 0 Å². The number of nitrogens with zero attached hydrogens (tertiary/aromatic N) is 2. The summed E-state index contributed by atoms with van der Waals surface area (Å²) in [6, 6.07) is 0.280. The topological polar surface area (TPSA) is 28.8 Å². The lowest BCUT2D eigenvalue weighted by Gasteiger charge is -2.22. The van der Waals surface area contributed by atoms with Gasteiger partial charge in [0.25, 0.3) is 12.1 Å². The predicted octanol–water partition coefficient (Wildman–Crippen LogP) is -1.79. The first kappa shape index (κ1) is 10.9. The van der Waals surface area contributed by atoms with Crippen LogP contribution in [0.1, 0.15) is 5.56 Å². The quantitative estimate of drug-likeness (QED) is 0.537. The van der Waals surface area contributed by atoms with Crippen LogP contribution >= 0.6 is 0 Å². The van der Waals surface area contributed by atoms with Crippen LogP contribution in [-0.2, 0) is 7.05 Å². The number of allylic oxidation sites excluding steroid dienone is 2. The van der Waals surface area contributed by atoms with Crippen molar-refractivity contribution in [1.82, 2.24) is 4.98 Å². The maximum absolute atomic E-state index is 4.36. The van der Waals surface area contributed by atoms with Gasteiger partial charge in [0.05, 0.1) is 18.7 Å². The van der Waals surface area contributed by atoms with Crippen molar-refractivity contribution in [2.75, 3.05) is 5.32 Å². The molecule has 0 fully saturated rings. The molecule has 4 heteroatoms. The first-order chi connectivity index (χ1) is 7.33. The molecule has 16 heavy (non-hydrogen) atoms. The second-order valence-electron chi connectivity index (χ2n) is 3.85. The van der Waals surface area contributed by atoms with Crippen LogP contribution < -0.4 is 22.3 Å². The molecule has 0 saturated heterocycles. The molecule has 0 radical (unpaired) electrons. The number of hydrogen-bond donors (Lipinski definition) is 1. The molecule has 1 aliphatic carbocycles. The Morgan fingerprint density at radius 1 is 1.38 bits per heavy atom. The van der Waals surface area contributed by atoms with E-state index in [9.17, 15) is 0 Å². The van der Waals surface area contributed by atoms with Crippen molar-refractivity contribution in [2.24, 2.45) is 7.05 Å². The molecule has 0 aromatic carbocycles. The first-order valence-corrected chi connectivity index (χ1v) is 5.01. The van der Waals surface area contributed by atoms with E-state index in [1.54, 1.807) is 0 Å². The highest BCUT2D eigenvalue weighted by Crippen LogP contribution is 2.26. The van der Waals surface area contributed by atoms with Crippen LogP contribution in [-0.4, -0.2) is 11.0 Å². The third-order valence-corrected chi connectivity index (χ3v) is 2.66. The predicted molar refractivity (Wildman–Crippen MR) is 59.1 cm³/mol. The van der Waals surface area contributed by atoms with Gasteiger partial charge in [0.2, 0.25) is 0 Å². The Labute approximate surface area is 101 Å². The molecule has 0 saturated carbocycles. The van der Waals surface area contributed by atoms with E-state index in [-0.39, 0.29) is 18.4 Å². The Hall–Kier alpha value is -1.61. The van der Waals surface area contributed by atoms with E-state index in [0.717, 1.165) is 11.4 Å². The highest BCUT2D eigenvalue weighted by atomic mass is 35.5. The van der Waals surface area contributed by atoms with E-state index in [1.165, 1.54) is 5.57 Å². The van der Waals surface area contributed by atoms with Crippen LogP contribution in [0.3, 0.4) is 0 Å². The summed E-state index contributed by atoms with van der Waals surface area (Å²) in [6.07, 6.45) is 14.5. The summed E-state index contributed by atoms with van der Waals surface area (Å²) in [6.45, 7) is 0. The SMILES string of the molecule is C[n+]1cnc2c(c1)C=C1C=CC=CC1N2.[Cl-]. The van der Waals surface area contributed by atoms with Crippen molar-refractivity contribution in [3.8, 4) is 0 Å². The molecule has 2 heterocycles. The van der Waals surface area contributed by atoms with Gasteiger partial charge in [0.1, 0.15) is 6.20 Å². The molecule has 1 unspecified atom stereocenters. The summed E-state index contributed by atoms with van der Waals surface area (Å²) in [5.74, 6) is 0.960. The van der Waals surface area contributed by atoms with Gasteiger partial charge in [-0.15, -0.1) is 0 Å². The highest BCUT2D eigenvalue weighted by molar-refractivity contribution is 5.72. The first-order valence-electron chi connectivity index (χ1n) is 5.01. The minimum Gasteiger partial charge on any atom is -1.00 e. The van der Waals surface area contributed by atoms with Gasteiger partial charge < -0.3 is 17.7 Å². The van der Waals surface area contributed by atoms with Crippen LogP contribution in [0.2, 0.25) is 0 Å². The van der Waals surface area contributed by atoms with Crippen molar-refractivity contribution in [3.63, 3.8) is 0 Å². The van der Waals surface area contributed by atoms with E-state index >= 15 is 0 Å². The molecule has 3 rings (SSSR count). The molecule has 0 spiro atoms. The molecule has 82 valence electrons. The van der Waals surface area contributed by atoms with Crippen molar-refractivity contribution in [1.29, 1.82) is 0 Å². The molecule has 1 aliphatic heterocycles. The molecular weight excluding hydrogens is 222 g/mol. The molecule has 1 N–H and O–H groups in total. The van der Waals surface area contributed by atoms with Gasteiger partial charge in [-0.1, -0.05) is 24.3 Å². The standard InChI is InChI=1S/C12H11N3.ClH/c1-15-7-10-6-9-4-2-3-5-11(9)14-12(10)13-8-15;/h2-8,11H,1H3;1H. The Morgan fingerprint density at radius 3 is 3.12 bits per heavy atom. The fourth-order valence-electron chi connectivity index (χ4n) is 1.92. The average molecular weight is 234 g/mol. The monoisotopic (exact) mass is 233 g/mol. The molecule has 0 amide bonds. The lowest BCUT2D eigenvalue weighted by atomic mass is 9.97. The van der Waals surface area contributed by atoms with E-state index in [4.69, 9.17) is 0 Å². The number of fused-ring (bicyclic) bond motifs is 2. The fraction of sp³-hybridized carbons (Fsp3) is 0.167. The Bertz CT molecular complexity index is 503. The van der Waals surface area contributed by atoms with Crippen molar-refractivity contribution < 1.29 is 17.0 Å². The molecule has 0 bridgehead atoms. The van der Waals surface area contributed by atoms with Gasteiger partial charge in [-0.25, -0.2) is 4.57 Å². The zero-order chi connectivity index (χ0) is 10.3. The summed E-state index contributed by atoms with van der Waals surface area (Å²) < 4.78 is 1.96. The number of aryl methyl sites for hydroxylation is 1. The molecule has 1 atom stereocenters. The lowest BCUT2D eigenvalue weighted by molar-refractivity contribution is -0.674. The largest absolute Gasteiger partial charge is 1.00 e. The number of nitrogens with one attached hydrogen (secondary N) is 1. The van der Waals surface area contributed by atoms with Crippen molar-refractivity contribution in [3.05, 3.63) is 48.0 Å². The minimum absolute atomic E-state index is 0. The lowest BCUT2D eigenvalue weighted by Crippen LogP contribution is -3.00. The maximum atomic E-state index is 4.36. The van der Waals surface area contributed by atoms with Crippen LogP contribution in [0.5, 0.6) is 0 Å². The van der Waals surface area contributed by atoms with Crippen LogP contribution in [0.4, 0.5) is 5.82 Å². The molecule has 1 aromatic rings. The van der Waals surface area contributed by atoms with Crippen molar-refractivity contribution >= 4 is 11.9 Å². The highest BCUT2D eigenvalue weighted by Gasteiger charge is 2.22. The van der Waals surface area contributed by atoms with E-state index < -0.39 is 0 Å². The molecule has 1 aromatic heterocycles.